The maximum Gasteiger partial charge on any atom is 0.327 e. The van der Waals surface area contributed by atoms with Crippen LogP contribution in [0.25, 0.3) is 0 Å². The van der Waals surface area contributed by atoms with Gasteiger partial charge < -0.3 is 10.0 Å². The first-order valence-electron chi connectivity index (χ1n) is 3.83. The Morgan fingerprint density at radius 3 is 2.77 bits per heavy atom. The van der Waals surface area contributed by atoms with Gasteiger partial charge >= 0.3 is 5.97 Å². The number of hydrogen-bond acceptors (Lipinski definition) is 3. The van der Waals surface area contributed by atoms with Crippen LogP contribution in [0.15, 0.2) is 0 Å². The van der Waals surface area contributed by atoms with Gasteiger partial charge in [0, 0.05) is 18.7 Å². The number of aliphatic carboxylic acids is 1. The van der Waals surface area contributed by atoms with E-state index in [1.165, 1.54) is 4.90 Å². The summed E-state index contributed by atoms with van der Waals surface area (Å²) in [5.74, 6) is -1.12. The Morgan fingerprint density at radius 1 is 1.85 bits per heavy atom. The molecule has 0 bridgehead atoms. The molecular formula is C7H10ClNO3S. The summed E-state index contributed by atoms with van der Waals surface area (Å²) in [6.07, 6.45) is 0.221. The number of halogens is 1. The third-order valence-corrected chi connectivity index (χ3v) is 2.58. The molecule has 1 heterocycles. The van der Waals surface area contributed by atoms with E-state index in [1.54, 1.807) is 0 Å². The fourth-order valence-corrected chi connectivity index (χ4v) is 1.93. The number of thiol groups is 1. The normalized spacial score (nSPS) is 24.9. The van der Waals surface area contributed by atoms with Crippen molar-refractivity contribution in [2.75, 3.05) is 12.3 Å². The van der Waals surface area contributed by atoms with Gasteiger partial charge in [0.05, 0.1) is 5.38 Å². The molecule has 0 spiro atoms. The summed E-state index contributed by atoms with van der Waals surface area (Å²) in [6.45, 7) is 0.303. The number of carbonyl (C=O) groups is 2. The highest BCUT2D eigenvalue weighted by molar-refractivity contribution is 7.80. The number of amides is 1. The lowest BCUT2D eigenvalue weighted by molar-refractivity contribution is -0.147. The molecule has 74 valence electrons. The zero-order valence-corrected chi connectivity index (χ0v) is 8.46. The molecule has 1 aliphatic heterocycles. The lowest BCUT2D eigenvalue weighted by Crippen LogP contribution is -2.43. The number of alkyl halides is 1. The first-order chi connectivity index (χ1) is 6.06. The minimum absolute atomic E-state index is 0.116. The lowest BCUT2D eigenvalue weighted by atomic mass is 10.3. The predicted octanol–water partition coefficient (Wildman–Crippen LogP) is 0.209. The number of carboxylic acid groups (broad SMARTS) is 1. The molecule has 0 aromatic heterocycles. The zero-order chi connectivity index (χ0) is 10.0. The van der Waals surface area contributed by atoms with Gasteiger partial charge in [0.1, 0.15) is 6.04 Å². The monoisotopic (exact) mass is 223 g/mol. The average molecular weight is 224 g/mol. The Balaban J connectivity index is 2.69. The summed E-state index contributed by atoms with van der Waals surface area (Å²) in [5, 5.41) is 8.48. The molecule has 0 aromatic rings. The second-order valence-corrected chi connectivity index (χ2v) is 3.87. The molecule has 1 saturated heterocycles. The smallest absolute Gasteiger partial charge is 0.327 e. The van der Waals surface area contributed by atoms with Crippen LogP contribution in [0.4, 0.5) is 0 Å². The van der Waals surface area contributed by atoms with E-state index in [1.807, 2.05) is 0 Å². The molecule has 1 N–H and O–H groups in total. The molecule has 0 aromatic carbocycles. The minimum atomic E-state index is -1.03. The van der Waals surface area contributed by atoms with E-state index in [9.17, 15) is 9.59 Å². The van der Waals surface area contributed by atoms with Crippen LogP contribution in [0.5, 0.6) is 0 Å². The van der Waals surface area contributed by atoms with Gasteiger partial charge in [-0.05, 0) is 0 Å². The average Bonchev–Trinajstić information content (AvgIpc) is 2.31. The lowest BCUT2D eigenvalue weighted by Gasteiger charge is -2.22. The molecule has 1 amide bonds. The molecule has 2 atom stereocenters. The standard InChI is InChI=1S/C7H10ClNO3S/c8-4-1-6(10)9(2-4)5(3-13)7(11)12/h4-5,13H,1-3H2,(H,11,12). The first-order valence-corrected chi connectivity index (χ1v) is 4.90. The van der Waals surface area contributed by atoms with Crippen LogP contribution in [0.1, 0.15) is 6.42 Å². The second kappa shape index (κ2) is 4.19. The van der Waals surface area contributed by atoms with Gasteiger partial charge in [-0.15, -0.1) is 11.6 Å². The van der Waals surface area contributed by atoms with E-state index in [-0.39, 0.29) is 23.5 Å². The van der Waals surface area contributed by atoms with Crippen LogP contribution < -0.4 is 0 Å². The number of nitrogens with zero attached hydrogens (tertiary/aromatic N) is 1. The van der Waals surface area contributed by atoms with Crippen molar-refractivity contribution in [2.45, 2.75) is 17.8 Å². The summed E-state index contributed by atoms with van der Waals surface area (Å²) < 4.78 is 0. The van der Waals surface area contributed by atoms with E-state index in [0.29, 0.717) is 6.54 Å². The number of carbonyl (C=O) groups excluding carboxylic acids is 1. The quantitative estimate of drug-likeness (QED) is 0.531. The fraction of sp³-hybridized carbons (Fsp3) is 0.714. The first kappa shape index (κ1) is 10.7. The van der Waals surface area contributed by atoms with Gasteiger partial charge in [-0.2, -0.15) is 12.6 Å². The Labute approximate surface area is 86.3 Å². The van der Waals surface area contributed by atoms with Crippen LogP contribution in [0.3, 0.4) is 0 Å². The molecule has 1 fully saturated rings. The molecule has 1 aliphatic rings. The summed E-state index contributed by atoms with van der Waals surface area (Å²) in [5.41, 5.74) is 0. The van der Waals surface area contributed by atoms with Crippen molar-refractivity contribution in [3.05, 3.63) is 0 Å². The van der Waals surface area contributed by atoms with Gasteiger partial charge in [0.15, 0.2) is 0 Å². The maximum atomic E-state index is 11.2. The number of likely N-dealkylation sites (tertiary alicyclic amines) is 1. The van der Waals surface area contributed by atoms with Crippen molar-refractivity contribution in [1.82, 2.24) is 4.90 Å². The second-order valence-electron chi connectivity index (χ2n) is 2.88. The summed E-state index contributed by atoms with van der Waals surface area (Å²) >= 11 is 9.61. The molecular weight excluding hydrogens is 214 g/mol. The Bertz CT molecular complexity index is 236. The van der Waals surface area contributed by atoms with Crippen LogP contribution in [0, 0.1) is 0 Å². The Kier molecular flexibility index (Phi) is 3.44. The van der Waals surface area contributed by atoms with E-state index in [2.05, 4.69) is 12.6 Å². The fourth-order valence-electron chi connectivity index (χ4n) is 1.30. The molecule has 1 rings (SSSR count). The molecule has 0 aliphatic carbocycles. The molecule has 0 saturated carbocycles. The third kappa shape index (κ3) is 2.28. The highest BCUT2D eigenvalue weighted by Crippen LogP contribution is 2.19. The Hall–Kier alpha value is -0.420. The molecule has 2 unspecified atom stereocenters. The van der Waals surface area contributed by atoms with Gasteiger partial charge in [0.2, 0.25) is 5.91 Å². The van der Waals surface area contributed by atoms with Crippen molar-refractivity contribution in [1.29, 1.82) is 0 Å². The van der Waals surface area contributed by atoms with Crippen molar-refractivity contribution in [3.63, 3.8) is 0 Å². The van der Waals surface area contributed by atoms with Gasteiger partial charge in [-0.1, -0.05) is 0 Å². The van der Waals surface area contributed by atoms with Gasteiger partial charge in [0.25, 0.3) is 0 Å². The highest BCUT2D eigenvalue weighted by atomic mass is 35.5. The van der Waals surface area contributed by atoms with Crippen molar-refractivity contribution in [2.24, 2.45) is 0 Å². The van der Waals surface area contributed by atoms with Crippen molar-refractivity contribution >= 4 is 36.1 Å². The molecule has 0 radical (unpaired) electrons. The SMILES string of the molecule is O=C(O)C(CS)N1CC(Cl)CC1=O. The largest absolute Gasteiger partial charge is 0.480 e. The van der Waals surface area contributed by atoms with Crippen molar-refractivity contribution in [3.8, 4) is 0 Å². The number of rotatable bonds is 3. The molecule has 6 heteroatoms. The topological polar surface area (TPSA) is 57.6 Å². The Morgan fingerprint density at radius 2 is 2.46 bits per heavy atom. The maximum absolute atomic E-state index is 11.2. The van der Waals surface area contributed by atoms with Crippen LogP contribution in [0.2, 0.25) is 0 Å². The van der Waals surface area contributed by atoms with E-state index in [0.717, 1.165) is 0 Å². The van der Waals surface area contributed by atoms with Crippen molar-refractivity contribution < 1.29 is 14.7 Å². The van der Waals surface area contributed by atoms with E-state index < -0.39 is 12.0 Å². The molecule has 4 nitrogen and oxygen atoms in total. The molecule has 13 heavy (non-hydrogen) atoms. The van der Waals surface area contributed by atoms with E-state index in [4.69, 9.17) is 16.7 Å². The van der Waals surface area contributed by atoms with Gasteiger partial charge in [-0.3, -0.25) is 4.79 Å². The van der Waals surface area contributed by atoms with Gasteiger partial charge in [-0.25, -0.2) is 4.79 Å². The number of hydrogen-bond donors (Lipinski definition) is 2. The summed E-state index contributed by atoms with van der Waals surface area (Å²) in [6, 6.07) is -0.848. The van der Waals surface area contributed by atoms with Crippen LogP contribution in [-0.4, -0.2) is 45.6 Å². The third-order valence-electron chi connectivity index (χ3n) is 1.95. The van der Waals surface area contributed by atoms with Crippen LogP contribution >= 0.6 is 24.2 Å². The summed E-state index contributed by atoms with van der Waals surface area (Å²) in [4.78, 5) is 23.2. The summed E-state index contributed by atoms with van der Waals surface area (Å²) in [7, 11) is 0. The van der Waals surface area contributed by atoms with Crippen LogP contribution in [-0.2, 0) is 9.59 Å². The highest BCUT2D eigenvalue weighted by Gasteiger charge is 2.35. The minimum Gasteiger partial charge on any atom is -0.480 e. The van der Waals surface area contributed by atoms with E-state index >= 15 is 0 Å². The predicted molar refractivity (Wildman–Crippen MR) is 51.2 cm³/mol. The zero-order valence-electron chi connectivity index (χ0n) is 6.81. The number of carboxylic acids is 1.